The highest BCUT2D eigenvalue weighted by Crippen LogP contribution is 2.21. The monoisotopic (exact) mass is 383 g/mol. The van der Waals surface area contributed by atoms with Crippen molar-refractivity contribution < 1.29 is 4.79 Å². The van der Waals surface area contributed by atoms with E-state index in [1.807, 2.05) is 31.2 Å². The Labute approximate surface area is 162 Å². The molecule has 1 aromatic carbocycles. The number of hydrogen-bond donors (Lipinski definition) is 2. The van der Waals surface area contributed by atoms with Gasteiger partial charge in [-0.2, -0.15) is 0 Å². The maximum absolute atomic E-state index is 12.1. The van der Waals surface area contributed by atoms with Crippen molar-refractivity contribution in [3.8, 4) is 11.1 Å². The molecule has 1 heterocycles. The van der Waals surface area contributed by atoms with Crippen molar-refractivity contribution in [2.45, 2.75) is 39.3 Å². The number of carbonyl (C=O) groups is 1. The topological polar surface area (TPSA) is 68.0 Å². The fraction of sp³-hybridized carbons (Fsp3) is 0.368. The molecule has 0 saturated heterocycles. The van der Waals surface area contributed by atoms with Gasteiger partial charge in [0.05, 0.1) is 12.1 Å². The minimum Gasteiger partial charge on any atom is -0.348 e. The molecule has 4 nitrogen and oxygen atoms in total. The number of rotatable bonds is 6. The summed E-state index contributed by atoms with van der Waals surface area (Å²) in [5.41, 5.74) is 9.25. The van der Waals surface area contributed by atoms with E-state index >= 15 is 0 Å². The molecule has 0 spiro atoms. The zero-order valence-corrected chi connectivity index (χ0v) is 16.4. The number of nitrogens with two attached hydrogens (primary N) is 1. The van der Waals surface area contributed by atoms with Gasteiger partial charge in [-0.1, -0.05) is 38.1 Å². The SMILES string of the molecule is CC(C)C[C@H](N)C(=O)NC(C)c1ccc(-c2ccncc2)cc1.Cl.Cl. The minimum atomic E-state index is -0.450. The van der Waals surface area contributed by atoms with Gasteiger partial charge in [0, 0.05) is 12.4 Å². The van der Waals surface area contributed by atoms with Crippen LogP contribution in [0, 0.1) is 5.92 Å². The number of carbonyl (C=O) groups excluding carboxylic acids is 1. The van der Waals surface area contributed by atoms with Crippen LogP contribution in [-0.2, 0) is 4.79 Å². The third-order valence-electron chi connectivity index (χ3n) is 3.85. The van der Waals surface area contributed by atoms with E-state index in [0.717, 1.165) is 16.7 Å². The molecule has 3 N–H and O–H groups in total. The normalized spacial score (nSPS) is 12.5. The number of aromatic nitrogens is 1. The Hall–Kier alpha value is -1.62. The molecule has 2 rings (SSSR count). The van der Waals surface area contributed by atoms with E-state index in [0.29, 0.717) is 12.3 Å². The largest absolute Gasteiger partial charge is 0.348 e. The molecule has 0 fully saturated rings. The van der Waals surface area contributed by atoms with Gasteiger partial charge in [0.2, 0.25) is 5.91 Å². The third-order valence-corrected chi connectivity index (χ3v) is 3.85. The molecular weight excluding hydrogens is 357 g/mol. The van der Waals surface area contributed by atoms with Crippen LogP contribution in [0.1, 0.15) is 38.8 Å². The second-order valence-electron chi connectivity index (χ2n) is 6.32. The van der Waals surface area contributed by atoms with E-state index in [2.05, 4.69) is 36.3 Å². The van der Waals surface area contributed by atoms with Crippen LogP contribution in [0.4, 0.5) is 0 Å². The second-order valence-corrected chi connectivity index (χ2v) is 6.32. The van der Waals surface area contributed by atoms with Crippen LogP contribution in [0.15, 0.2) is 48.8 Å². The summed E-state index contributed by atoms with van der Waals surface area (Å²) in [6, 6.07) is 11.6. The minimum absolute atomic E-state index is 0. The van der Waals surface area contributed by atoms with Gasteiger partial charge >= 0.3 is 0 Å². The molecule has 0 aliphatic heterocycles. The van der Waals surface area contributed by atoms with Crippen LogP contribution in [0.5, 0.6) is 0 Å². The molecule has 2 atom stereocenters. The summed E-state index contributed by atoms with van der Waals surface area (Å²) in [7, 11) is 0. The lowest BCUT2D eigenvalue weighted by Crippen LogP contribution is -2.42. The number of hydrogen-bond acceptors (Lipinski definition) is 3. The Balaban J connectivity index is 0.00000288. The second kappa shape index (κ2) is 11.1. The Morgan fingerprint density at radius 3 is 2.04 bits per heavy atom. The summed E-state index contributed by atoms with van der Waals surface area (Å²) in [4.78, 5) is 16.1. The molecule has 0 radical (unpaired) electrons. The summed E-state index contributed by atoms with van der Waals surface area (Å²) in [5, 5.41) is 2.99. The molecule has 0 aliphatic carbocycles. The quantitative estimate of drug-likeness (QED) is 0.787. The molecule has 6 heteroatoms. The first-order chi connectivity index (χ1) is 11.0. The van der Waals surface area contributed by atoms with Gasteiger partial charge < -0.3 is 11.1 Å². The fourth-order valence-electron chi connectivity index (χ4n) is 2.53. The predicted molar refractivity (Wildman–Crippen MR) is 108 cm³/mol. The van der Waals surface area contributed by atoms with Crippen LogP contribution in [0.3, 0.4) is 0 Å². The van der Waals surface area contributed by atoms with Crippen molar-refractivity contribution in [1.29, 1.82) is 0 Å². The standard InChI is InChI=1S/C19H25N3O.2ClH/c1-13(2)12-18(20)19(23)22-14(3)15-4-6-16(7-5-15)17-8-10-21-11-9-17;;/h4-11,13-14,18H,12,20H2,1-3H3,(H,22,23);2*1H/t14?,18-;;/m0../s1. The Morgan fingerprint density at radius 2 is 1.52 bits per heavy atom. The van der Waals surface area contributed by atoms with Gasteiger partial charge in [-0.15, -0.1) is 24.8 Å². The van der Waals surface area contributed by atoms with Gasteiger partial charge in [0.15, 0.2) is 0 Å². The molecule has 0 saturated carbocycles. The van der Waals surface area contributed by atoms with Crippen molar-refractivity contribution in [3.05, 3.63) is 54.4 Å². The van der Waals surface area contributed by atoms with Crippen molar-refractivity contribution in [2.24, 2.45) is 11.7 Å². The number of benzene rings is 1. The lowest BCUT2D eigenvalue weighted by molar-refractivity contribution is -0.123. The van der Waals surface area contributed by atoms with Gasteiger partial charge in [0.25, 0.3) is 0 Å². The van der Waals surface area contributed by atoms with E-state index in [1.54, 1.807) is 12.4 Å². The van der Waals surface area contributed by atoms with Gasteiger partial charge in [0.1, 0.15) is 0 Å². The first-order valence-corrected chi connectivity index (χ1v) is 8.03. The molecule has 0 aliphatic rings. The van der Waals surface area contributed by atoms with Crippen LogP contribution < -0.4 is 11.1 Å². The smallest absolute Gasteiger partial charge is 0.237 e. The predicted octanol–water partition coefficient (Wildman–Crippen LogP) is 4.14. The van der Waals surface area contributed by atoms with Gasteiger partial charge in [-0.3, -0.25) is 9.78 Å². The van der Waals surface area contributed by atoms with Crippen LogP contribution in [0.2, 0.25) is 0 Å². The van der Waals surface area contributed by atoms with Gasteiger partial charge in [-0.05, 0) is 48.1 Å². The summed E-state index contributed by atoms with van der Waals surface area (Å²) < 4.78 is 0. The Morgan fingerprint density at radius 1 is 1.00 bits per heavy atom. The first-order valence-electron chi connectivity index (χ1n) is 8.03. The zero-order valence-electron chi connectivity index (χ0n) is 14.8. The van der Waals surface area contributed by atoms with Crippen molar-refractivity contribution >= 4 is 30.7 Å². The van der Waals surface area contributed by atoms with Crippen molar-refractivity contribution in [2.75, 3.05) is 0 Å². The van der Waals surface area contributed by atoms with E-state index in [9.17, 15) is 4.79 Å². The molecular formula is C19H27Cl2N3O. The zero-order chi connectivity index (χ0) is 16.8. The highest BCUT2D eigenvalue weighted by molar-refractivity contribution is 5.85. The molecule has 25 heavy (non-hydrogen) atoms. The molecule has 1 unspecified atom stereocenters. The van der Waals surface area contributed by atoms with Crippen molar-refractivity contribution in [1.82, 2.24) is 10.3 Å². The number of amides is 1. The van der Waals surface area contributed by atoms with Crippen LogP contribution >= 0.6 is 24.8 Å². The summed E-state index contributed by atoms with van der Waals surface area (Å²) in [6.45, 7) is 6.10. The van der Waals surface area contributed by atoms with Gasteiger partial charge in [-0.25, -0.2) is 0 Å². The highest BCUT2D eigenvalue weighted by Gasteiger charge is 2.17. The summed E-state index contributed by atoms with van der Waals surface area (Å²) in [6.07, 6.45) is 4.25. The average Bonchev–Trinajstić information content (AvgIpc) is 2.55. The van der Waals surface area contributed by atoms with E-state index in [-0.39, 0.29) is 36.8 Å². The highest BCUT2D eigenvalue weighted by atomic mass is 35.5. The lowest BCUT2D eigenvalue weighted by Gasteiger charge is -2.19. The van der Waals surface area contributed by atoms with Crippen molar-refractivity contribution in [3.63, 3.8) is 0 Å². The molecule has 0 bridgehead atoms. The summed E-state index contributed by atoms with van der Waals surface area (Å²) in [5.74, 6) is 0.315. The van der Waals surface area contributed by atoms with Crippen LogP contribution in [0.25, 0.3) is 11.1 Å². The maximum Gasteiger partial charge on any atom is 0.237 e. The molecule has 2 aromatic rings. The lowest BCUT2D eigenvalue weighted by atomic mass is 10.0. The number of nitrogens with zero attached hydrogens (tertiary/aromatic N) is 1. The number of nitrogens with one attached hydrogen (secondary N) is 1. The number of pyridine rings is 1. The average molecular weight is 384 g/mol. The molecule has 1 aromatic heterocycles. The molecule has 1 amide bonds. The maximum atomic E-state index is 12.1. The third kappa shape index (κ3) is 7.02. The van der Waals surface area contributed by atoms with E-state index < -0.39 is 6.04 Å². The van der Waals surface area contributed by atoms with Crippen LogP contribution in [-0.4, -0.2) is 16.9 Å². The number of halogens is 2. The first kappa shape index (κ1) is 23.4. The summed E-state index contributed by atoms with van der Waals surface area (Å²) >= 11 is 0. The fourth-order valence-corrected chi connectivity index (χ4v) is 2.53. The Bertz CT molecular complexity index is 633. The van der Waals surface area contributed by atoms with E-state index in [4.69, 9.17) is 5.73 Å². The molecule has 138 valence electrons. The Kier molecular flexibility index (Phi) is 10.4. The van der Waals surface area contributed by atoms with E-state index in [1.165, 1.54) is 0 Å².